The highest BCUT2D eigenvalue weighted by atomic mass is 32.2. The number of methoxy groups -OCH3 is 1. The number of sulfonamides is 1. The number of rotatable bonds is 4. The van der Waals surface area contributed by atoms with E-state index < -0.39 is 27.7 Å². The lowest BCUT2D eigenvalue weighted by Crippen LogP contribution is -2.41. The Kier molecular flexibility index (Phi) is 4.98. The summed E-state index contributed by atoms with van der Waals surface area (Å²) < 4.78 is 62.8. The summed E-state index contributed by atoms with van der Waals surface area (Å²) in [6.07, 6.45) is 0.447. The van der Waals surface area contributed by atoms with Gasteiger partial charge in [-0.15, -0.1) is 0 Å². The zero-order chi connectivity index (χ0) is 22.5. The van der Waals surface area contributed by atoms with Crippen molar-refractivity contribution in [1.82, 2.24) is 9.29 Å². The number of aromatic amines is 1. The molecule has 0 bridgehead atoms. The highest BCUT2D eigenvalue weighted by molar-refractivity contribution is 7.89. The van der Waals surface area contributed by atoms with Crippen LogP contribution < -0.4 is 4.74 Å². The number of hydrogen-bond donors (Lipinski definition) is 1. The normalized spacial score (nSPS) is 16.8. The molecule has 8 heteroatoms. The summed E-state index contributed by atoms with van der Waals surface area (Å²) in [5, 5.41) is 0.950. The first-order chi connectivity index (χ1) is 15.4. The van der Waals surface area contributed by atoms with Gasteiger partial charge in [0.15, 0.2) is 0 Å². The van der Waals surface area contributed by atoms with E-state index in [1.807, 2.05) is 24.3 Å². The van der Waals surface area contributed by atoms with Crippen LogP contribution in [0.15, 0.2) is 71.6 Å². The molecule has 5 rings (SSSR count). The molecule has 2 heterocycles. The zero-order valence-electron chi connectivity index (χ0n) is 17.2. The van der Waals surface area contributed by atoms with Crippen LogP contribution in [0.1, 0.15) is 22.9 Å². The number of aromatic nitrogens is 1. The minimum absolute atomic E-state index is 0.0328. The van der Waals surface area contributed by atoms with Gasteiger partial charge in [0.1, 0.15) is 17.4 Å². The SMILES string of the molecule is COc1ccc(S(=O)(=O)N2CCc3c([nH]c4ccccc34)[C@H]2c2cc(F)ccc2F)cc1. The summed E-state index contributed by atoms with van der Waals surface area (Å²) in [7, 11) is -2.53. The van der Waals surface area contributed by atoms with Crippen molar-refractivity contribution in [2.75, 3.05) is 13.7 Å². The van der Waals surface area contributed by atoms with Crippen molar-refractivity contribution in [3.63, 3.8) is 0 Å². The molecule has 5 nitrogen and oxygen atoms in total. The van der Waals surface area contributed by atoms with Gasteiger partial charge in [-0.25, -0.2) is 17.2 Å². The van der Waals surface area contributed by atoms with Crippen LogP contribution in [0, 0.1) is 11.6 Å². The first-order valence-electron chi connectivity index (χ1n) is 10.1. The van der Waals surface area contributed by atoms with Gasteiger partial charge in [-0.2, -0.15) is 4.31 Å². The molecule has 1 N–H and O–H groups in total. The molecule has 0 spiro atoms. The number of nitrogens with one attached hydrogen (secondary N) is 1. The lowest BCUT2D eigenvalue weighted by Gasteiger charge is -2.35. The van der Waals surface area contributed by atoms with Crippen molar-refractivity contribution >= 4 is 20.9 Å². The quantitative estimate of drug-likeness (QED) is 0.482. The molecule has 164 valence electrons. The molecule has 0 saturated heterocycles. The second kappa shape index (κ2) is 7.72. The first-order valence-corrected chi connectivity index (χ1v) is 11.5. The number of hydrogen-bond acceptors (Lipinski definition) is 3. The van der Waals surface area contributed by atoms with E-state index in [-0.39, 0.29) is 17.0 Å². The summed E-state index contributed by atoms with van der Waals surface area (Å²) in [6.45, 7) is 0.129. The number of fused-ring (bicyclic) bond motifs is 3. The van der Waals surface area contributed by atoms with E-state index in [1.165, 1.54) is 23.5 Å². The Bertz CT molecular complexity index is 1420. The molecule has 0 unspecified atom stereocenters. The van der Waals surface area contributed by atoms with Crippen LogP contribution in [0.4, 0.5) is 8.78 Å². The Morgan fingerprint density at radius 2 is 1.78 bits per heavy atom. The summed E-state index contributed by atoms with van der Waals surface area (Å²) in [4.78, 5) is 3.32. The van der Waals surface area contributed by atoms with Crippen LogP contribution in [0.5, 0.6) is 5.75 Å². The average Bonchev–Trinajstić information content (AvgIpc) is 3.19. The molecule has 0 aliphatic carbocycles. The summed E-state index contributed by atoms with van der Waals surface area (Å²) in [5.41, 5.74) is 2.26. The molecule has 0 amide bonds. The number of benzene rings is 3. The molecule has 3 aromatic carbocycles. The fourth-order valence-corrected chi connectivity index (χ4v) is 5.97. The molecule has 1 aliphatic rings. The van der Waals surface area contributed by atoms with E-state index >= 15 is 0 Å². The smallest absolute Gasteiger partial charge is 0.244 e. The maximum Gasteiger partial charge on any atom is 0.244 e. The zero-order valence-corrected chi connectivity index (χ0v) is 18.0. The predicted molar refractivity (Wildman–Crippen MR) is 117 cm³/mol. The molecule has 0 radical (unpaired) electrons. The van der Waals surface area contributed by atoms with E-state index in [4.69, 9.17) is 4.74 Å². The lowest BCUT2D eigenvalue weighted by atomic mass is 9.94. The van der Waals surface area contributed by atoms with Crippen molar-refractivity contribution in [1.29, 1.82) is 0 Å². The molecule has 4 aromatic rings. The van der Waals surface area contributed by atoms with E-state index in [0.717, 1.165) is 34.7 Å². The summed E-state index contributed by atoms with van der Waals surface area (Å²) in [6, 6.07) is 15.7. The fraction of sp³-hybridized carbons (Fsp3) is 0.167. The van der Waals surface area contributed by atoms with Crippen molar-refractivity contribution in [3.05, 3.63) is 95.2 Å². The van der Waals surface area contributed by atoms with Gasteiger partial charge >= 0.3 is 0 Å². The van der Waals surface area contributed by atoms with Gasteiger partial charge in [0.2, 0.25) is 10.0 Å². The van der Waals surface area contributed by atoms with Gasteiger partial charge in [-0.1, -0.05) is 18.2 Å². The maximum absolute atomic E-state index is 14.9. The number of para-hydroxylation sites is 1. The lowest BCUT2D eigenvalue weighted by molar-refractivity contribution is 0.332. The minimum Gasteiger partial charge on any atom is -0.497 e. The monoisotopic (exact) mass is 454 g/mol. The van der Waals surface area contributed by atoms with Gasteiger partial charge in [0, 0.05) is 28.7 Å². The summed E-state index contributed by atoms with van der Waals surface area (Å²) in [5.74, 6) is -0.780. The number of halogens is 2. The van der Waals surface area contributed by atoms with Crippen molar-refractivity contribution in [2.24, 2.45) is 0 Å². The van der Waals surface area contributed by atoms with Crippen LogP contribution in [0.25, 0.3) is 10.9 Å². The Hall–Kier alpha value is -3.23. The molecule has 32 heavy (non-hydrogen) atoms. The Morgan fingerprint density at radius 3 is 2.53 bits per heavy atom. The minimum atomic E-state index is -4.03. The topological polar surface area (TPSA) is 62.4 Å². The number of nitrogens with zero attached hydrogens (tertiary/aromatic N) is 1. The third-order valence-electron chi connectivity index (χ3n) is 5.91. The molecular weight excluding hydrogens is 434 g/mol. The van der Waals surface area contributed by atoms with Gasteiger partial charge in [0.05, 0.1) is 18.0 Å². The van der Waals surface area contributed by atoms with Gasteiger partial charge in [-0.05, 0) is 60.5 Å². The van der Waals surface area contributed by atoms with Crippen molar-refractivity contribution < 1.29 is 21.9 Å². The van der Waals surface area contributed by atoms with Gasteiger partial charge in [0.25, 0.3) is 0 Å². The van der Waals surface area contributed by atoms with Crippen LogP contribution in [-0.2, 0) is 16.4 Å². The number of ether oxygens (including phenoxy) is 1. The standard InChI is InChI=1S/C24H20F2N2O3S/c1-31-16-7-9-17(10-8-16)32(29,30)28-13-12-19-18-4-2-3-5-22(18)27-23(19)24(28)20-14-15(25)6-11-21(20)26/h2-11,14,24,27H,12-13H2,1H3/t24-/m1/s1. The molecule has 0 fully saturated rings. The third-order valence-corrected chi connectivity index (χ3v) is 7.79. The highest BCUT2D eigenvalue weighted by Crippen LogP contribution is 2.42. The fourth-order valence-electron chi connectivity index (χ4n) is 4.40. The van der Waals surface area contributed by atoms with E-state index in [0.29, 0.717) is 17.9 Å². The van der Waals surface area contributed by atoms with Gasteiger partial charge < -0.3 is 9.72 Å². The van der Waals surface area contributed by atoms with E-state index in [9.17, 15) is 17.2 Å². The highest BCUT2D eigenvalue weighted by Gasteiger charge is 2.40. The Labute approximate surface area is 184 Å². The summed E-state index contributed by atoms with van der Waals surface area (Å²) >= 11 is 0. The molecular formula is C24H20F2N2O3S. The second-order valence-corrected chi connectivity index (χ2v) is 9.56. The average molecular weight is 454 g/mol. The van der Waals surface area contributed by atoms with Gasteiger partial charge in [-0.3, -0.25) is 0 Å². The first kappa shape index (κ1) is 20.7. The molecule has 1 atom stereocenters. The van der Waals surface area contributed by atoms with Crippen LogP contribution in [0.3, 0.4) is 0 Å². The van der Waals surface area contributed by atoms with Crippen LogP contribution >= 0.6 is 0 Å². The van der Waals surface area contributed by atoms with Crippen LogP contribution in [-0.4, -0.2) is 31.4 Å². The maximum atomic E-state index is 14.9. The molecule has 1 aromatic heterocycles. The second-order valence-electron chi connectivity index (χ2n) is 7.67. The van der Waals surface area contributed by atoms with E-state index in [1.54, 1.807) is 12.1 Å². The van der Waals surface area contributed by atoms with E-state index in [2.05, 4.69) is 4.98 Å². The largest absolute Gasteiger partial charge is 0.497 e. The van der Waals surface area contributed by atoms with Crippen LogP contribution in [0.2, 0.25) is 0 Å². The van der Waals surface area contributed by atoms with Crippen molar-refractivity contribution in [2.45, 2.75) is 17.4 Å². The Morgan fingerprint density at radius 1 is 1.03 bits per heavy atom. The number of H-pyrrole nitrogens is 1. The predicted octanol–water partition coefficient (Wildman–Crippen LogP) is 4.79. The molecule has 0 saturated carbocycles. The molecule has 1 aliphatic heterocycles. The Balaban J connectivity index is 1.72. The van der Waals surface area contributed by atoms with Crippen molar-refractivity contribution in [3.8, 4) is 5.75 Å². The third kappa shape index (κ3) is 3.27.